The Morgan fingerprint density at radius 2 is 1.89 bits per heavy atom. The average molecular weight is 301 g/mol. The van der Waals surface area contributed by atoms with E-state index in [0.29, 0.717) is 27.2 Å². The number of nitrogens with two attached hydrogens (primary N) is 1. The third kappa shape index (κ3) is 3.34. The quantitative estimate of drug-likeness (QED) is 0.801. The molecule has 1 atom stereocenters. The molecule has 104 valence electrons. The molecule has 19 heavy (non-hydrogen) atoms. The molecule has 5 heteroatoms. The summed E-state index contributed by atoms with van der Waals surface area (Å²) in [5.41, 5.74) is 6.52. The first-order valence-electron chi connectivity index (χ1n) is 6.53. The molecule has 0 aliphatic carbocycles. The summed E-state index contributed by atoms with van der Waals surface area (Å²) in [4.78, 5) is 14.3. The van der Waals surface area contributed by atoms with E-state index in [4.69, 9.17) is 28.9 Å². The van der Waals surface area contributed by atoms with Gasteiger partial charge in [0.25, 0.3) is 5.91 Å². The number of likely N-dealkylation sites (tertiary alicyclic amines) is 1. The highest BCUT2D eigenvalue weighted by atomic mass is 35.5. The van der Waals surface area contributed by atoms with Gasteiger partial charge in [0.2, 0.25) is 0 Å². The molecule has 1 aromatic carbocycles. The minimum Gasteiger partial charge on any atom is -0.396 e. The second kappa shape index (κ2) is 6.02. The summed E-state index contributed by atoms with van der Waals surface area (Å²) in [7, 11) is 0. The molecule has 0 saturated carbocycles. The summed E-state index contributed by atoms with van der Waals surface area (Å²) < 4.78 is 0. The number of rotatable bonds is 1. The van der Waals surface area contributed by atoms with Gasteiger partial charge in [-0.05, 0) is 37.3 Å². The van der Waals surface area contributed by atoms with Crippen LogP contribution in [0, 0.1) is 5.92 Å². The molecule has 2 N–H and O–H groups in total. The van der Waals surface area contributed by atoms with Gasteiger partial charge in [-0.25, -0.2) is 0 Å². The number of carbonyl (C=O) groups is 1. The molecule has 0 radical (unpaired) electrons. The predicted octanol–water partition coefficient (Wildman–Crippen LogP) is 3.84. The fourth-order valence-electron chi connectivity index (χ4n) is 2.36. The Labute approximate surface area is 123 Å². The number of hydrogen-bond donors (Lipinski definition) is 1. The SMILES string of the molecule is CC1CCCN(C(=O)c2cc(Cl)c(N)c(Cl)c2)CC1. The topological polar surface area (TPSA) is 46.3 Å². The van der Waals surface area contributed by atoms with E-state index < -0.39 is 0 Å². The fraction of sp³-hybridized carbons (Fsp3) is 0.500. The molecule has 0 bridgehead atoms. The van der Waals surface area contributed by atoms with Gasteiger partial charge in [-0.3, -0.25) is 4.79 Å². The average Bonchev–Trinajstić information content (AvgIpc) is 2.59. The van der Waals surface area contributed by atoms with E-state index >= 15 is 0 Å². The van der Waals surface area contributed by atoms with Crippen LogP contribution in [0.5, 0.6) is 0 Å². The summed E-state index contributed by atoms with van der Waals surface area (Å²) in [6, 6.07) is 3.19. The zero-order valence-electron chi connectivity index (χ0n) is 11.0. The number of benzene rings is 1. The van der Waals surface area contributed by atoms with Crippen molar-refractivity contribution in [1.82, 2.24) is 4.90 Å². The number of hydrogen-bond acceptors (Lipinski definition) is 2. The Morgan fingerprint density at radius 3 is 2.53 bits per heavy atom. The van der Waals surface area contributed by atoms with Crippen molar-refractivity contribution in [3.63, 3.8) is 0 Å². The molecule has 1 aliphatic rings. The third-order valence-electron chi connectivity index (χ3n) is 3.63. The molecule has 1 aromatic rings. The van der Waals surface area contributed by atoms with Gasteiger partial charge in [0.1, 0.15) is 0 Å². The van der Waals surface area contributed by atoms with E-state index in [1.165, 1.54) is 6.42 Å². The maximum absolute atomic E-state index is 12.4. The minimum absolute atomic E-state index is 0.0158. The fourth-order valence-corrected chi connectivity index (χ4v) is 2.84. The van der Waals surface area contributed by atoms with Crippen molar-refractivity contribution >= 4 is 34.8 Å². The lowest BCUT2D eigenvalue weighted by Crippen LogP contribution is -2.32. The van der Waals surface area contributed by atoms with Crippen LogP contribution in [0.2, 0.25) is 10.0 Å². The lowest BCUT2D eigenvalue weighted by Gasteiger charge is -2.21. The Bertz CT molecular complexity index is 467. The smallest absolute Gasteiger partial charge is 0.253 e. The van der Waals surface area contributed by atoms with Crippen molar-refractivity contribution < 1.29 is 4.79 Å². The summed E-state index contributed by atoms with van der Waals surface area (Å²) in [5, 5.41) is 0.665. The first kappa shape index (κ1) is 14.5. The molecule has 1 unspecified atom stereocenters. The van der Waals surface area contributed by atoms with Gasteiger partial charge >= 0.3 is 0 Å². The van der Waals surface area contributed by atoms with Gasteiger partial charge in [-0.15, -0.1) is 0 Å². The van der Waals surface area contributed by atoms with Crippen molar-refractivity contribution in [2.24, 2.45) is 5.92 Å². The first-order valence-corrected chi connectivity index (χ1v) is 7.28. The molecule has 1 amide bonds. The molecule has 1 heterocycles. The second-order valence-electron chi connectivity index (χ2n) is 5.18. The van der Waals surface area contributed by atoms with Crippen LogP contribution < -0.4 is 5.73 Å². The Morgan fingerprint density at radius 1 is 1.26 bits per heavy atom. The number of anilines is 1. The van der Waals surface area contributed by atoms with Crippen molar-refractivity contribution in [3.05, 3.63) is 27.7 Å². The maximum Gasteiger partial charge on any atom is 0.253 e. The zero-order chi connectivity index (χ0) is 14.0. The maximum atomic E-state index is 12.4. The van der Waals surface area contributed by atoms with Crippen LogP contribution in [-0.2, 0) is 0 Å². The van der Waals surface area contributed by atoms with Crippen LogP contribution in [0.1, 0.15) is 36.5 Å². The summed E-state index contributed by atoms with van der Waals surface area (Å²) >= 11 is 12.0. The molecule has 2 rings (SSSR count). The van der Waals surface area contributed by atoms with Crippen LogP contribution in [0.15, 0.2) is 12.1 Å². The van der Waals surface area contributed by atoms with Crippen molar-refractivity contribution in [3.8, 4) is 0 Å². The van der Waals surface area contributed by atoms with E-state index in [1.54, 1.807) is 12.1 Å². The van der Waals surface area contributed by atoms with Gasteiger partial charge < -0.3 is 10.6 Å². The van der Waals surface area contributed by atoms with Gasteiger partial charge in [0.05, 0.1) is 15.7 Å². The molecular weight excluding hydrogens is 283 g/mol. The number of amides is 1. The molecule has 1 fully saturated rings. The van der Waals surface area contributed by atoms with Crippen LogP contribution in [0.4, 0.5) is 5.69 Å². The molecule has 0 spiro atoms. The number of halogens is 2. The van der Waals surface area contributed by atoms with E-state index in [2.05, 4.69) is 6.92 Å². The third-order valence-corrected chi connectivity index (χ3v) is 4.26. The van der Waals surface area contributed by atoms with Crippen LogP contribution >= 0.6 is 23.2 Å². The molecule has 0 aromatic heterocycles. The van der Waals surface area contributed by atoms with E-state index in [0.717, 1.165) is 25.9 Å². The monoisotopic (exact) mass is 300 g/mol. The molecule has 1 aliphatic heterocycles. The van der Waals surface area contributed by atoms with E-state index in [9.17, 15) is 4.79 Å². The molecule has 1 saturated heterocycles. The van der Waals surface area contributed by atoms with Gasteiger partial charge in [0, 0.05) is 18.7 Å². The highest BCUT2D eigenvalue weighted by molar-refractivity contribution is 6.39. The standard InChI is InChI=1S/C14H18Cl2N2O/c1-9-3-2-5-18(6-4-9)14(19)10-7-11(15)13(17)12(16)8-10/h7-9H,2-6,17H2,1H3. The van der Waals surface area contributed by atoms with E-state index in [-0.39, 0.29) is 5.91 Å². The largest absolute Gasteiger partial charge is 0.396 e. The van der Waals surface area contributed by atoms with Gasteiger partial charge in [0.15, 0.2) is 0 Å². The Kier molecular flexibility index (Phi) is 4.58. The second-order valence-corrected chi connectivity index (χ2v) is 6.00. The molecular formula is C14H18Cl2N2O. The van der Waals surface area contributed by atoms with Gasteiger partial charge in [-0.2, -0.15) is 0 Å². The first-order chi connectivity index (χ1) is 8.99. The lowest BCUT2D eigenvalue weighted by atomic mass is 10.0. The van der Waals surface area contributed by atoms with Crippen LogP contribution in [0.25, 0.3) is 0 Å². The minimum atomic E-state index is -0.0158. The normalized spacial score (nSPS) is 20.2. The van der Waals surface area contributed by atoms with Crippen molar-refractivity contribution in [2.45, 2.75) is 26.2 Å². The number of carbonyl (C=O) groups excluding carboxylic acids is 1. The summed E-state index contributed by atoms with van der Waals surface area (Å²) in [6.45, 7) is 3.81. The summed E-state index contributed by atoms with van der Waals surface area (Å²) in [5.74, 6) is 0.661. The predicted molar refractivity (Wildman–Crippen MR) is 79.8 cm³/mol. The zero-order valence-corrected chi connectivity index (χ0v) is 12.5. The number of nitrogens with zero attached hydrogens (tertiary/aromatic N) is 1. The highest BCUT2D eigenvalue weighted by Crippen LogP contribution is 2.29. The van der Waals surface area contributed by atoms with Gasteiger partial charge in [-0.1, -0.05) is 30.1 Å². The van der Waals surface area contributed by atoms with Crippen LogP contribution in [-0.4, -0.2) is 23.9 Å². The summed E-state index contributed by atoms with van der Waals surface area (Å²) in [6.07, 6.45) is 3.26. The van der Waals surface area contributed by atoms with Crippen LogP contribution in [0.3, 0.4) is 0 Å². The Balaban J connectivity index is 2.19. The van der Waals surface area contributed by atoms with Crippen molar-refractivity contribution in [2.75, 3.05) is 18.8 Å². The molecule has 3 nitrogen and oxygen atoms in total. The lowest BCUT2D eigenvalue weighted by molar-refractivity contribution is 0.0760. The highest BCUT2D eigenvalue weighted by Gasteiger charge is 2.21. The Hall–Kier alpha value is -0.930. The van der Waals surface area contributed by atoms with Crippen molar-refractivity contribution in [1.29, 1.82) is 0 Å². The number of nitrogen functional groups attached to an aromatic ring is 1. The van der Waals surface area contributed by atoms with E-state index in [1.807, 2.05) is 4.90 Å².